The van der Waals surface area contributed by atoms with Crippen LogP contribution < -0.4 is 15.9 Å². The average Bonchev–Trinajstić information content (AvgIpc) is 2.67. The monoisotopic (exact) mass is 392 g/mol. The van der Waals surface area contributed by atoms with E-state index in [4.69, 9.17) is 0 Å². The van der Waals surface area contributed by atoms with Crippen molar-refractivity contribution < 1.29 is 4.89 Å². The molecule has 0 amide bonds. The Hall–Kier alpha value is -1.95. The normalized spacial score (nSPS) is 13.4. The molecule has 3 aromatic rings. The molecule has 148 valence electrons. The van der Waals surface area contributed by atoms with Crippen LogP contribution in [0.2, 0.25) is 0 Å². The van der Waals surface area contributed by atoms with E-state index in [0.29, 0.717) is 0 Å². The summed E-state index contributed by atoms with van der Waals surface area (Å²) in [6.45, 7) is 13.4. The van der Waals surface area contributed by atoms with E-state index < -0.39 is 7.49 Å². The topological polar surface area (TPSA) is 20.2 Å². The minimum absolute atomic E-state index is 0.0672. The van der Waals surface area contributed by atoms with Crippen molar-refractivity contribution in [2.75, 3.05) is 0 Å². The van der Waals surface area contributed by atoms with E-state index in [1.807, 2.05) is 36.4 Å². The summed E-state index contributed by atoms with van der Waals surface area (Å²) in [5, 5.41) is 3.14. The number of benzene rings is 3. The molecule has 2 heteroatoms. The molecule has 0 atom stereocenters. The zero-order chi connectivity index (χ0) is 20.6. The fourth-order valence-corrected chi connectivity index (χ4v) is 7.25. The molecule has 0 fully saturated rings. The summed E-state index contributed by atoms with van der Waals surface area (Å²) in [5.41, 5.74) is 2.54. The van der Waals surface area contributed by atoms with Crippen LogP contribution in [-0.2, 0) is 10.8 Å². The van der Waals surface area contributed by atoms with Crippen molar-refractivity contribution in [3.63, 3.8) is 0 Å². The second-order valence-electron chi connectivity index (χ2n) is 9.70. The first-order chi connectivity index (χ1) is 13.0. The third-order valence-electron chi connectivity index (χ3n) is 5.47. The second kappa shape index (κ2) is 7.47. The number of hydrogen-bond donors (Lipinski definition) is 1. The summed E-state index contributed by atoms with van der Waals surface area (Å²) in [6, 6.07) is 27.1. The first-order valence-corrected chi connectivity index (χ1v) is 12.0. The molecule has 1 N–H and O–H groups in total. The molecule has 0 aliphatic carbocycles. The van der Waals surface area contributed by atoms with Crippen LogP contribution >= 0.6 is 7.49 Å². The maximum absolute atomic E-state index is 12.4. The standard InChI is InChI=1S/C26H33OP/c1-25(2,3)20-17-18-24(23(19-20)26(4,5)6)28(27,21-13-9-7-10-14-21)22-15-11-8-12-16-22/h7-19,27-28H,1-6H3. The molecule has 0 heterocycles. The van der Waals surface area contributed by atoms with Gasteiger partial charge in [0.1, 0.15) is 0 Å². The Morgan fingerprint density at radius 2 is 1.07 bits per heavy atom. The fraction of sp³-hybridized carbons (Fsp3) is 0.308. The average molecular weight is 393 g/mol. The van der Waals surface area contributed by atoms with Gasteiger partial charge in [0.2, 0.25) is 0 Å². The molecule has 0 aliphatic rings. The molecule has 1 nitrogen and oxygen atoms in total. The number of rotatable bonds is 3. The molecule has 0 bridgehead atoms. The first kappa shape index (κ1) is 20.8. The van der Waals surface area contributed by atoms with Crippen LogP contribution in [0.5, 0.6) is 0 Å². The van der Waals surface area contributed by atoms with Crippen molar-refractivity contribution in [3.8, 4) is 0 Å². The zero-order valence-corrected chi connectivity index (χ0v) is 19.0. The van der Waals surface area contributed by atoms with Crippen molar-refractivity contribution in [2.45, 2.75) is 52.4 Å². The maximum atomic E-state index is 12.4. The molecule has 0 saturated heterocycles. The predicted molar refractivity (Wildman–Crippen MR) is 126 cm³/mol. The van der Waals surface area contributed by atoms with Gasteiger partial charge in [0.15, 0.2) is 0 Å². The summed E-state index contributed by atoms with van der Waals surface area (Å²) in [7, 11) is -3.11. The summed E-state index contributed by atoms with van der Waals surface area (Å²) in [4.78, 5) is 12.4. The second-order valence-corrected chi connectivity index (χ2v) is 12.8. The quantitative estimate of drug-likeness (QED) is 0.606. The molecule has 28 heavy (non-hydrogen) atoms. The Morgan fingerprint density at radius 3 is 1.46 bits per heavy atom. The van der Waals surface area contributed by atoms with Crippen molar-refractivity contribution in [1.29, 1.82) is 0 Å². The first-order valence-electron chi connectivity index (χ1n) is 10.0. The molecule has 0 aliphatic heterocycles. The Kier molecular flexibility index (Phi) is 5.54. The van der Waals surface area contributed by atoms with Crippen LogP contribution in [-0.4, -0.2) is 4.89 Å². The minimum atomic E-state index is -3.11. The SMILES string of the molecule is CC(C)(C)c1ccc([PH](O)(c2ccccc2)c2ccccc2)c(C(C)(C)C)c1. The van der Waals surface area contributed by atoms with E-state index in [2.05, 4.69) is 84.0 Å². The van der Waals surface area contributed by atoms with Gasteiger partial charge in [-0.25, -0.2) is 0 Å². The zero-order valence-electron chi connectivity index (χ0n) is 18.0. The summed E-state index contributed by atoms with van der Waals surface area (Å²) >= 11 is 0. The third kappa shape index (κ3) is 3.93. The molecule has 0 unspecified atom stereocenters. The predicted octanol–water partition coefficient (Wildman–Crippen LogP) is 5.22. The molecule has 0 spiro atoms. The third-order valence-corrected chi connectivity index (χ3v) is 9.02. The van der Waals surface area contributed by atoms with Crippen LogP contribution in [0.4, 0.5) is 0 Å². The Labute approximate surface area is 170 Å². The van der Waals surface area contributed by atoms with E-state index in [1.54, 1.807) is 0 Å². The number of hydrogen-bond acceptors (Lipinski definition) is 1. The van der Waals surface area contributed by atoms with E-state index in [-0.39, 0.29) is 10.8 Å². The van der Waals surface area contributed by atoms with Gasteiger partial charge < -0.3 is 0 Å². The molecule has 0 aromatic heterocycles. The van der Waals surface area contributed by atoms with Gasteiger partial charge in [0, 0.05) is 0 Å². The summed E-state index contributed by atoms with van der Waals surface area (Å²) in [5.74, 6) is 0. The van der Waals surface area contributed by atoms with Gasteiger partial charge in [-0.15, -0.1) is 0 Å². The summed E-state index contributed by atoms with van der Waals surface area (Å²) < 4.78 is 0. The van der Waals surface area contributed by atoms with Gasteiger partial charge >= 0.3 is 171 Å². The Morgan fingerprint density at radius 1 is 0.607 bits per heavy atom. The van der Waals surface area contributed by atoms with Gasteiger partial charge in [-0.05, 0) is 0 Å². The fourth-order valence-electron chi connectivity index (χ4n) is 3.78. The van der Waals surface area contributed by atoms with Crippen LogP contribution in [0.25, 0.3) is 0 Å². The molecule has 0 saturated carbocycles. The molecular weight excluding hydrogens is 359 g/mol. The van der Waals surface area contributed by atoms with Crippen molar-refractivity contribution in [2.24, 2.45) is 0 Å². The van der Waals surface area contributed by atoms with E-state index in [0.717, 1.165) is 15.9 Å². The molecule has 3 rings (SSSR count). The van der Waals surface area contributed by atoms with Crippen LogP contribution in [0, 0.1) is 0 Å². The van der Waals surface area contributed by atoms with Crippen LogP contribution in [0.1, 0.15) is 52.7 Å². The van der Waals surface area contributed by atoms with E-state index in [9.17, 15) is 4.89 Å². The van der Waals surface area contributed by atoms with Crippen molar-refractivity contribution >= 4 is 23.4 Å². The van der Waals surface area contributed by atoms with Crippen LogP contribution in [0.15, 0.2) is 78.9 Å². The van der Waals surface area contributed by atoms with E-state index >= 15 is 0 Å². The summed E-state index contributed by atoms with van der Waals surface area (Å²) in [6.07, 6.45) is 0. The van der Waals surface area contributed by atoms with E-state index in [1.165, 1.54) is 11.1 Å². The van der Waals surface area contributed by atoms with Crippen molar-refractivity contribution in [3.05, 3.63) is 90.0 Å². The van der Waals surface area contributed by atoms with Gasteiger partial charge in [0.25, 0.3) is 0 Å². The van der Waals surface area contributed by atoms with Gasteiger partial charge in [-0.1, -0.05) is 0 Å². The van der Waals surface area contributed by atoms with Crippen molar-refractivity contribution in [1.82, 2.24) is 0 Å². The van der Waals surface area contributed by atoms with Gasteiger partial charge in [-0.3, -0.25) is 0 Å². The Balaban J connectivity index is 2.36. The molecule has 0 radical (unpaired) electrons. The Bertz CT molecular complexity index is 892. The van der Waals surface area contributed by atoms with Crippen LogP contribution in [0.3, 0.4) is 0 Å². The van der Waals surface area contributed by atoms with Gasteiger partial charge in [0.05, 0.1) is 0 Å². The molecule has 3 aromatic carbocycles. The molecular formula is C26H33OP. The van der Waals surface area contributed by atoms with Gasteiger partial charge in [-0.2, -0.15) is 0 Å².